The number of esters is 1. The van der Waals surface area contributed by atoms with Gasteiger partial charge in [0.05, 0.1) is 30.4 Å². The van der Waals surface area contributed by atoms with Gasteiger partial charge in [-0.3, -0.25) is 9.59 Å². The maximum absolute atomic E-state index is 12.5. The summed E-state index contributed by atoms with van der Waals surface area (Å²) < 4.78 is 10.4. The van der Waals surface area contributed by atoms with Gasteiger partial charge in [-0.05, 0) is 19.2 Å². The van der Waals surface area contributed by atoms with Crippen LogP contribution in [-0.2, 0) is 14.3 Å². The van der Waals surface area contributed by atoms with Crippen LogP contribution >= 0.6 is 11.8 Å². The number of hydrogen-bond acceptors (Lipinski definition) is 6. The number of thioether (sulfide) groups is 1. The van der Waals surface area contributed by atoms with Crippen LogP contribution in [0, 0.1) is 17.2 Å². The first-order valence-electron chi connectivity index (χ1n) is 7.37. The van der Waals surface area contributed by atoms with Crippen molar-refractivity contribution in [3.05, 3.63) is 40.4 Å². The number of methoxy groups -OCH3 is 1. The molecule has 7 heteroatoms. The number of allylic oxidation sites excluding steroid dienone is 1. The topological polar surface area (TPSA) is 88.4 Å². The molecule has 1 N–H and O–H groups in total. The second-order valence-corrected chi connectivity index (χ2v) is 5.81. The average Bonchev–Trinajstić information content (AvgIpc) is 2.60. The molecule has 126 valence electrons. The summed E-state index contributed by atoms with van der Waals surface area (Å²) in [5.41, 5.74) is 0.942. The van der Waals surface area contributed by atoms with Crippen LogP contribution in [-0.4, -0.2) is 31.8 Å². The number of ether oxygens (including phenoxy) is 2. The first kappa shape index (κ1) is 17.9. The van der Waals surface area contributed by atoms with Gasteiger partial charge in [-0.25, -0.2) is 0 Å². The lowest BCUT2D eigenvalue weighted by Gasteiger charge is -2.31. The van der Waals surface area contributed by atoms with Crippen molar-refractivity contribution in [3.63, 3.8) is 0 Å². The number of rotatable bonds is 5. The van der Waals surface area contributed by atoms with Gasteiger partial charge in [0.25, 0.3) is 0 Å². The number of nitriles is 1. The Morgan fingerprint density at radius 3 is 2.71 bits per heavy atom. The lowest BCUT2D eigenvalue weighted by Crippen LogP contribution is -2.44. The third kappa shape index (κ3) is 3.24. The van der Waals surface area contributed by atoms with E-state index >= 15 is 0 Å². The van der Waals surface area contributed by atoms with Gasteiger partial charge in [0, 0.05) is 11.5 Å². The molecule has 0 bridgehead atoms. The second-order valence-electron chi connectivity index (χ2n) is 5.00. The summed E-state index contributed by atoms with van der Waals surface area (Å²) in [6, 6.07) is 9.24. The molecule has 0 radical (unpaired) electrons. The first-order valence-corrected chi connectivity index (χ1v) is 8.60. The predicted molar refractivity (Wildman–Crippen MR) is 90.2 cm³/mol. The van der Waals surface area contributed by atoms with E-state index in [0.717, 1.165) is 0 Å². The molecule has 1 aliphatic heterocycles. The van der Waals surface area contributed by atoms with Crippen LogP contribution in [0.1, 0.15) is 18.4 Å². The van der Waals surface area contributed by atoms with Gasteiger partial charge >= 0.3 is 5.97 Å². The van der Waals surface area contributed by atoms with Gasteiger partial charge in [-0.2, -0.15) is 5.26 Å². The molecule has 6 nitrogen and oxygen atoms in total. The van der Waals surface area contributed by atoms with E-state index in [9.17, 15) is 14.9 Å². The maximum atomic E-state index is 12.5. The Balaban J connectivity index is 2.69. The minimum absolute atomic E-state index is 0.324. The molecule has 0 saturated heterocycles. The van der Waals surface area contributed by atoms with E-state index in [0.29, 0.717) is 28.5 Å². The number of para-hydroxylation sites is 1. The first-order chi connectivity index (χ1) is 11.6. The number of carbonyl (C=O) groups is 2. The summed E-state index contributed by atoms with van der Waals surface area (Å²) in [6.07, 6.45) is 1.76. The van der Waals surface area contributed by atoms with E-state index in [2.05, 4.69) is 11.4 Å². The Morgan fingerprint density at radius 2 is 2.12 bits per heavy atom. The van der Waals surface area contributed by atoms with E-state index < -0.39 is 23.7 Å². The summed E-state index contributed by atoms with van der Waals surface area (Å²) >= 11 is 1.25. The monoisotopic (exact) mass is 346 g/mol. The normalized spacial score (nSPS) is 20.2. The average molecular weight is 346 g/mol. The zero-order valence-electron chi connectivity index (χ0n) is 13.7. The largest absolute Gasteiger partial charge is 0.494 e. The molecule has 1 aliphatic rings. The van der Waals surface area contributed by atoms with Crippen molar-refractivity contribution in [1.29, 1.82) is 5.26 Å². The van der Waals surface area contributed by atoms with Crippen molar-refractivity contribution in [1.82, 2.24) is 5.32 Å². The molecule has 1 aromatic rings. The van der Waals surface area contributed by atoms with Gasteiger partial charge in [0.15, 0.2) is 0 Å². The van der Waals surface area contributed by atoms with Gasteiger partial charge in [-0.15, -0.1) is 11.8 Å². The Hall–Kier alpha value is -2.46. The van der Waals surface area contributed by atoms with Gasteiger partial charge in [-0.1, -0.05) is 18.2 Å². The minimum Gasteiger partial charge on any atom is -0.494 e. The summed E-state index contributed by atoms with van der Waals surface area (Å²) in [7, 11) is 1.22. The van der Waals surface area contributed by atoms with E-state index in [4.69, 9.17) is 9.47 Å². The van der Waals surface area contributed by atoms with E-state index in [-0.39, 0.29) is 0 Å². The lowest BCUT2D eigenvalue weighted by molar-refractivity contribution is -0.150. The molecule has 0 saturated carbocycles. The Labute approximate surface area is 144 Å². The molecule has 1 amide bonds. The summed E-state index contributed by atoms with van der Waals surface area (Å²) in [4.78, 5) is 24.7. The fraction of sp³-hybridized carbons (Fsp3) is 0.353. The van der Waals surface area contributed by atoms with E-state index in [1.165, 1.54) is 18.9 Å². The minimum atomic E-state index is -1.14. The van der Waals surface area contributed by atoms with Crippen molar-refractivity contribution in [2.24, 2.45) is 5.92 Å². The summed E-state index contributed by atoms with van der Waals surface area (Å²) in [5, 5.41) is 12.7. The molecule has 0 aromatic heterocycles. The van der Waals surface area contributed by atoms with Gasteiger partial charge in [0.2, 0.25) is 5.91 Å². The molecular formula is C17H18N2O4S. The molecule has 2 rings (SSSR count). The van der Waals surface area contributed by atoms with Crippen LogP contribution in [0.15, 0.2) is 34.9 Å². The number of hydrogen-bond donors (Lipinski definition) is 1. The number of nitrogens with zero attached hydrogens (tertiary/aromatic N) is 1. The fourth-order valence-electron chi connectivity index (χ4n) is 2.73. The Morgan fingerprint density at radius 1 is 1.42 bits per heavy atom. The van der Waals surface area contributed by atoms with Crippen LogP contribution in [0.4, 0.5) is 0 Å². The molecule has 0 spiro atoms. The molecule has 0 fully saturated rings. The highest BCUT2D eigenvalue weighted by Crippen LogP contribution is 2.42. The third-order valence-corrected chi connectivity index (χ3v) is 4.47. The van der Waals surface area contributed by atoms with Crippen LogP contribution < -0.4 is 10.1 Å². The van der Waals surface area contributed by atoms with E-state index in [1.807, 2.05) is 6.92 Å². The highest BCUT2D eigenvalue weighted by molar-refractivity contribution is 8.02. The quantitative estimate of drug-likeness (QED) is 0.649. The van der Waals surface area contributed by atoms with Crippen molar-refractivity contribution < 1.29 is 19.1 Å². The fourth-order valence-corrected chi connectivity index (χ4v) is 3.32. The van der Waals surface area contributed by atoms with Gasteiger partial charge < -0.3 is 14.8 Å². The van der Waals surface area contributed by atoms with Crippen LogP contribution in [0.25, 0.3) is 0 Å². The molecule has 2 unspecified atom stereocenters. The number of nitrogens with one attached hydrogen (secondary N) is 1. The van der Waals surface area contributed by atoms with Crippen LogP contribution in [0.2, 0.25) is 0 Å². The summed E-state index contributed by atoms with van der Waals surface area (Å²) in [5.74, 6) is -2.51. The van der Waals surface area contributed by atoms with Crippen molar-refractivity contribution in [2.75, 3.05) is 20.0 Å². The number of benzene rings is 1. The Bertz CT molecular complexity index is 724. The van der Waals surface area contributed by atoms with Crippen molar-refractivity contribution in [2.45, 2.75) is 12.8 Å². The van der Waals surface area contributed by atoms with Crippen molar-refractivity contribution in [3.8, 4) is 11.8 Å². The van der Waals surface area contributed by atoms with Crippen LogP contribution in [0.5, 0.6) is 5.75 Å². The van der Waals surface area contributed by atoms with Crippen LogP contribution in [0.3, 0.4) is 0 Å². The molecular weight excluding hydrogens is 328 g/mol. The molecule has 0 aliphatic carbocycles. The SMILES string of the molecule is CCOc1ccccc1C1C(C#N)=C(SC)NC(=O)C1C(=O)OC. The maximum Gasteiger partial charge on any atom is 0.319 e. The zero-order chi connectivity index (χ0) is 17.7. The molecule has 1 aromatic carbocycles. The summed E-state index contributed by atoms with van der Waals surface area (Å²) in [6.45, 7) is 2.27. The molecule has 2 atom stereocenters. The third-order valence-electron chi connectivity index (χ3n) is 3.74. The highest BCUT2D eigenvalue weighted by Gasteiger charge is 2.45. The Kier molecular flexibility index (Phi) is 5.88. The van der Waals surface area contributed by atoms with Crippen molar-refractivity contribution >= 4 is 23.6 Å². The number of amides is 1. The second kappa shape index (κ2) is 7.88. The standard InChI is InChI=1S/C17H18N2O4S/c1-4-23-12-8-6-5-7-10(12)13-11(9-18)16(24-3)19-15(20)14(13)17(21)22-2/h5-8,13-14H,4H2,1-3H3,(H,19,20). The lowest BCUT2D eigenvalue weighted by atomic mass is 9.78. The number of carbonyl (C=O) groups excluding carboxylic acids is 2. The smallest absolute Gasteiger partial charge is 0.319 e. The predicted octanol–water partition coefficient (Wildman–Crippen LogP) is 2.19. The highest BCUT2D eigenvalue weighted by atomic mass is 32.2. The van der Waals surface area contributed by atoms with E-state index in [1.54, 1.807) is 30.5 Å². The zero-order valence-corrected chi connectivity index (χ0v) is 14.5. The molecule has 24 heavy (non-hydrogen) atoms. The molecule has 1 heterocycles. The van der Waals surface area contributed by atoms with Gasteiger partial charge in [0.1, 0.15) is 11.7 Å².